The van der Waals surface area contributed by atoms with Gasteiger partial charge in [0, 0.05) is 19.1 Å². The number of anilines is 1. The Balaban J connectivity index is 1.91. The van der Waals surface area contributed by atoms with Gasteiger partial charge >= 0.3 is 0 Å². The van der Waals surface area contributed by atoms with Gasteiger partial charge in [-0.25, -0.2) is 4.98 Å². The van der Waals surface area contributed by atoms with Crippen LogP contribution in [0.5, 0.6) is 0 Å². The van der Waals surface area contributed by atoms with Gasteiger partial charge in [0.1, 0.15) is 5.82 Å². The standard InChI is InChI=1S/C15H26N4/c1-3-5-9-19(14-6-7-14)15-12-17-13(11-18-15)10-16-8-4-2/h11-12,14,16H,3-10H2,1-2H3. The molecule has 1 aliphatic carbocycles. The van der Waals surface area contributed by atoms with Crippen molar-refractivity contribution in [2.24, 2.45) is 0 Å². The minimum absolute atomic E-state index is 0.713. The summed E-state index contributed by atoms with van der Waals surface area (Å²) < 4.78 is 0. The van der Waals surface area contributed by atoms with Crippen LogP contribution < -0.4 is 10.2 Å². The predicted molar refractivity (Wildman–Crippen MR) is 79.3 cm³/mol. The van der Waals surface area contributed by atoms with Crippen LogP contribution in [-0.4, -0.2) is 29.1 Å². The topological polar surface area (TPSA) is 41.1 Å². The highest BCUT2D eigenvalue weighted by Crippen LogP contribution is 2.30. The third-order valence-electron chi connectivity index (χ3n) is 3.46. The van der Waals surface area contributed by atoms with Crippen molar-refractivity contribution in [3.63, 3.8) is 0 Å². The van der Waals surface area contributed by atoms with Gasteiger partial charge in [0.25, 0.3) is 0 Å². The number of hydrogen-bond donors (Lipinski definition) is 1. The third kappa shape index (κ3) is 4.46. The monoisotopic (exact) mass is 262 g/mol. The first-order valence-electron chi connectivity index (χ1n) is 7.63. The smallest absolute Gasteiger partial charge is 0.147 e. The summed E-state index contributed by atoms with van der Waals surface area (Å²) in [6.07, 6.45) is 10.1. The number of rotatable bonds is 9. The van der Waals surface area contributed by atoms with Crippen LogP contribution in [0.1, 0.15) is 51.6 Å². The summed E-state index contributed by atoms with van der Waals surface area (Å²) in [5.74, 6) is 1.05. The maximum absolute atomic E-state index is 4.60. The molecule has 106 valence electrons. The zero-order chi connectivity index (χ0) is 13.5. The van der Waals surface area contributed by atoms with Gasteiger partial charge in [0.05, 0.1) is 18.1 Å². The Hall–Kier alpha value is -1.16. The van der Waals surface area contributed by atoms with E-state index < -0.39 is 0 Å². The van der Waals surface area contributed by atoms with E-state index in [2.05, 4.69) is 34.0 Å². The van der Waals surface area contributed by atoms with E-state index in [9.17, 15) is 0 Å². The lowest BCUT2D eigenvalue weighted by molar-refractivity contribution is 0.659. The Kier molecular flexibility index (Phi) is 5.58. The summed E-state index contributed by atoms with van der Waals surface area (Å²) in [5.41, 5.74) is 1.03. The van der Waals surface area contributed by atoms with Gasteiger partial charge in [-0.05, 0) is 32.2 Å². The number of unbranched alkanes of at least 4 members (excludes halogenated alkanes) is 1. The second-order valence-electron chi connectivity index (χ2n) is 5.32. The molecule has 1 aliphatic rings. The largest absolute Gasteiger partial charge is 0.352 e. The molecular weight excluding hydrogens is 236 g/mol. The molecule has 1 aromatic rings. The minimum Gasteiger partial charge on any atom is -0.352 e. The quantitative estimate of drug-likeness (QED) is 0.695. The van der Waals surface area contributed by atoms with Gasteiger partial charge in [0.15, 0.2) is 0 Å². The van der Waals surface area contributed by atoms with Crippen molar-refractivity contribution in [2.75, 3.05) is 18.0 Å². The summed E-state index contributed by atoms with van der Waals surface area (Å²) in [5, 5.41) is 3.35. The van der Waals surface area contributed by atoms with Crippen LogP contribution in [0.3, 0.4) is 0 Å². The lowest BCUT2D eigenvalue weighted by Gasteiger charge is -2.23. The molecule has 1 aromatic heterocycles. The van der Waals surface area contributed by atoms with Crippen molar-refractivity contribution in [3.05, 3.63) is 18.1 Å². The van der Waals surface area contributed by atoms with Crippen molar-refractivity contribution >= 4 is 5.82 Å². The van der Waals surface area contributed by atoms with Crippen LogP contribution in [0.2, 0.25) is 0 Å². The fourth-order valence-corrected chi connectivity index (χ4v) is 2.18. The normalized spacial score (nSPS) is 14.6. The molecule has 0 aliphatic heterocycles. The maximum Gasteiger partial charge on any atom is 0.147 e. The zero-order valence-corrected chi connectivity index (χ0v) is 12.2. The van der Waals surface area contributed by atoms with Gasteiger partial charge in [-0.2, -0.15) is 0 Å². The zero-order valence-electron chi connectivity index (χ0n) is 12.2. The molecule has 19 heavy (non-hydrogen) atoms. The molecule has 0 radical (unpaired) electrons. The lowest BCUT2D eigenvalue weighted by Crippen LogP contribution is -2.28. The van der Waals surface area contributed by atoms with Gasteiger partial charge in [-0.3, -0.25) is 4.98 Å². The summed E-state index contributed by atoms with van der Waals surface area (Å²) in [6, 6.07) is 0.713. The van der Waals surface area contributed by atoms with Gasteiger partial charge in [-0.1, -0.05) is 20.3 Å². The number of nitrogens with one attached hydrogen (secondary N) is 1. The van der Waals surface area contributed by atoms with Crippen molar-refractivity contribution < 1.29 is 0 Å². The van der Waals surface area contributed by atoms with Crippen LogP contribution in [0.15, 0.2) is 12.4 Å². The Morgan fingerprint density at radius 2 is 2.05 bits per heavy atom. The molecule has 1 N–H and O–H groups in total. The molecule has 4 heteroatoms. The van der Waals surface area contributed by atoms with Crippen molar-refractivity contribution in [3.8, 4) is 0 Å². The van der Waals surface area contributed by atoms with E-state index in [0.29, 0.717) is 6.04 Å². The van der Waals surface area contributed by atoms with Crippen LogP contribution in [0.25, 0.3) is 0 Å². The molecule has 0 bridgehead atoms. The Morgan fingerprint density at radius 3 is 2.63 bits per heavy atom. The molecule has 1 heterocycles. The Labute approximate surface area is 116 Å². The van der Waals surface area contributed by atoms with E-state index in [1.807, 2.05) is 12.4 Å². The first-order valence-corrected chi connectivity index (χ1v) is 7.63. The van der Waals surface area contributed by atoms with E-state index in [1.165, 1.54) is 25.7 Å². The van der Waals surface area contributed by atoms with Crippen molar-refractivity contribution in [2.45, 2.75) is 58.5 Å². The predicted octanol–water partition coefficient (Wildman–Crippen LogP) is 2.75. The van der Waals surface area contributed by atoms with Crippen molar-refractivity contribution in [1.29, 1.82) is 0 Å². The molecule has 4 nitrogen and oxygen atoms in total. The van der Waals surface area contributed by atoms with E-state index in [0.717, 1.165) is 37.6 Å². The second kappa shape index (κ2) is 7.43. The van der Waals surface area contributed by atoms with E-state index >= 15 is 0 Å². The van der Waals surface area contributed by atoms with Gasteiger partial charge in [-0.15, -0.1) is 0 Å². The average molecular weight is 262 g/mol. The molecule has 0 unspecified atom stereocenters. The summed E-state index contributed by atoms with van der Waals surface area (Å²) in [7, 11) is 0. The molecule has 0 spiro atoms. The van der Waals surface area contributed by atoms with Crippen LogP contribution in [-0.2, 0) is 6.54 Å². The first kappa shape index (κ1) is 14.3. The highest BCUT2D eigenvalue weighted by Gasteiger charge is 2.29. The lowest BCUT2D eigenvalue weighted by atomic mass is 10.3. The molecule has 1 fully saturated rings. The molecule has 0 amide bonds. The SMILES string of the molecule is CCCCN(c1cnc(CNCCC)cn1)C1CC1. The van der Waals surface area contributed by atoms with Gasteiger partial charge < -0.3 is 10.2 Å². The van der Waals surface area contributed by atoms with Crippen LogP contribution in [0.4, 0.5) is 5.82 Å². The molecule has 1 saturated carbocycles. The van der Waals surface area contributed by atoms with Gasteiger partial charge in [0.2, 0.25) is 0 Å². The summed E-state index contributed by atoms with van der Waals surface area (Å²) in [6.45, 7) is 7.37. The Bertz CT molecular complexity index is 359. The number of hydrogen-bond acceptors (Lipinski definition) is 4. The van der Waals surface area contributed by atoms with Crippen LogP contribution in [0, 0.1) is 0 Å². The van der Waals surface area contributed by atoms with Crippen molar-refractivity contribution in [1.82, 2.24) is 15.3 Å². The average Bonchev–Trinajstić information content (AvgIpc) is 3.26. The van der Waals surface area contributed by atoms with Crippen LogP contribution >= 0.6 is 0 Å². The highest BCUT2D eigenvalue weighted by atomic mass is 15.2. The third-order valence-corrected chi connectivity index (χ3v) is 3.46. The second-order valence-corrected chi connectivity index (χ2v) is 5.32. The molecule has 2 rings (SSSR count). The number of aromatic nitrogens is 2. The van der Waals surface area contributed by atoms with E-state index in [4.69, 9.17) is 0 Å². The molecule has 0 atom stereocenters. The minimum atomic E-state index is 0.713. The Morgan fingerprint density at radius 1 is 1.21 bits per heavy atom. The fourth-order valence-electron chi connectivity index (χ4n) is 2.18. The first-order chi connectivity index (χ1) is 9.35. The summed E-state index contributed by atoms with van der Waals surface area (Å²) >= 11 is 0. The summed E-state index contributed by atoms with van der Waals surface area (Å²) in [4.78, 5) is 11.5. The van der Waals surface area contributed by atoms with E-state index in [1.54, 1.807) is 0 Å². The fraction of sp³-hybridized carbons (Fsp3) is 0.733. The molecule has 0 saturated heterocycles. The molecular formula is C15H26N4. The highest BCUT2D eigenvalue weighted by molar-refractivity contribution is 5.39. The maximum atomic E-state index is 4.60. The van der Waals surface area contributed by atoms with E-state index in [-0.39, 0.29) is 0 Å². The molecule has 0 aromatic carbocycles. The number of nitrogens with zero attached hydrogens (tertiary/aromatic N) is 3.